The highest BCUT2D eigenvalue weighted by Crippen LogP contribution is 2.41. The summed E-state index contributed by atoms with van der Waals surface area (Å²) >= 11 is 1.40. The van der Waals surface area contributed by atoms with Crippen LogP contribution < -0.4 is 11.1 Å². The van der Waals surface area contributed by atoms with Gasteiger partial charge in [-0.2, -0.15) is 0 Å². The van der Waals surface area contributed by atoms with Crippen LogP contribution in [-0.2, 0) is 0 Å². The summed E-state index contributed by atoms with van der Waals surface area (Å²) in [5.74, 6) is 0. The van der Waals surface area contributed by atoms with E-state index in [1.807, 2.05) is 18.2 Å². The summed E-state index contributed by atoms with van der Waals surface area (Å²) < 4.78 is 0. The lowest BCUT2D eigenvalue weighted by molar-refractivity contribution is 0.646. The van der Waals surface area contributed by atoms with E-state index in [2.05, 4.69) is 157 Å². The molecule has 0 amide bonds. The molecule has 0 aromatic heterocycles. The lowest BCUT2D eigenvalue weighted by Crippen LogP contribution is -2.24. The van der Waals surface area contributed by atoms with Crippen LogP contribution in [0.1, 0.15) is 45.7 Å². The van der Waals surface area contributed by atoms with Gasteiger partial charge in [0.1, 0.15) is 0 Å². The SMILES string of the molecule is N=C(SC(N)c1cc2ccccc2c2ccccc12)c1ccccc1C1=C=C(c2ccccc2)NC(c2ccccc2-c2ccccc2)C1. The molecule has 0 aliphatic carbocycles. The Hall–Kier alpha value is -5.64. The van der Waals surface area contributed by atoms with E-state index in [1.54, 1.807) is 0 Å². The maximum absolute atomic E-state index is 9.43. The Morgan fingerprint density at radius 3 is 2.02 bits per heavy atom. The van der Waals surface area contributed by atoms with Gasteiger partial charge in [-0.25, -0.2) is 0 Å². The molecule has 1 aliphatic rings. The van der Waals surface area contributed by atoms with E-state index in [9.17, 15) is 5.41 Å². The monoisotopic (exact) mass is 649 g/mol. The minimum atomic E-state index is -0.419. The number of nitrogens with one attached hydrogen (secondary N) is 2. The third-order valence-electron chi connectivity index (χ3n) is 9.33. The number of benzene rings is 7. The molecule has 0 fully saturated rings. The number of nitrogens with two attached hydrogens (primary N) is 1. The first-order chi connectivity index (χ1) is 24.1. The number of fused-ring (bicyclic) bond motifs is 3. The first-order valence-electron chi connectivity index (χ1n) is 16.6. The van der Waals surface area contributed by atoms with Crippen molar-refractivity contribution in [3.05, 3.63) is 197 Å². The Labute approximate surface area is 291 Å². The zero-order chi connectivity index (χ0) is 33.2. The highest BCUT2D eigenvalue weighted by Gasteiger charge is 2.26. The molecule has 236 valence electrons. The van der Waals surface area contributed by atoms with Gasteiger partial charge in [0.15, 0.2) is 0 Å². The zero-order valence-electron chi connectivity index (χ0n) is 26.9. The Morgan fingerprint density at radius 2 is 1.24 bits per heavy atom. The van der Waals surface area contributed by atoms with E-state index in [1.165, 1.54) is 39.2 Å². The van der Waals surface area contributed by atoms with Crippen LogP contribution in [0.2, 0.25) is 0 Å². The molecule has 1 aliphatic heterocycles. The van der Waals surface area contributed by atoms with Gasteiger partial charge in [0, 0.05) is 23.1 Å². The van der Waals surface area contributed by atoms with E-state index in [0.29, 0.717) is 5.04 Å². The fourth-order valence-electron chi connectivity index (χ4n) is 6.99. The zero-order valence-corrected chi connectivity index (χ0v) is 27.8. The standard InChI is InChI=1S/C45H35N3S/c46-44(49-45(47)41-27-32-19-7-8-21-35(32)37-23-11-12-24-38(37)41)40-26-14-10-22-36(40)33-28-42(31-17-5-2-6-18-31)48-43(29-33)39-25-13-9-20-34(39)30-15-3-1-4-16-30/h1-27,43,45-46,48H,29,47H2. The summed E-state index contributed by atoms with van der Waals surface area (Å²) in [6.45, 7) is 0. The van der Waals surface area contributed by atoms with Gasteiger partial charge in [-0.1, -0.05) is 175 Å². The summed E-state index contributed by atoms with van der Waals surface area (Å²) in [4.78, 5) is 0. The van der Waals surface area contributed by atoms with Crippen LogP contribution in [0.25, 0.3) is 43.9 Å². The molecule has 0 spiro atoms. The van der Waals surface area contributed by atoms with Crippen molar-refractivity contribution in [3.8, 4) is 11.1 Å². The van der Waals surface area contributed by atoms with Crippen molar-refractivity contribution >= 4 is 49.6 Å². The Balaban J connectivity index is 1.18. The van der Waals surface area contributed by atoms with Crippen molar-refractivity contribution in [2.24, 2.45) is 5.73 Å². The molecule has 2 unspecified atom stereocenters. The van der Waals surface area contributed by atoms with Gasteiger partial charge in [0.05, 0.1) is 22.2 Å². The van der Waals surface area contributed by atoms with Crippen molar-refractivity contribution in [1.82, 2.24) is 5.32 Å². The Kier molecular flexibility index (Phi) is 8.43. The van der Waals surface area contributed by atoms with Crippen molar-refractivity contribution in [3.63, 3.8) is 0 Å². The lowest BCUT2D eigenvalue weighted by atomic mass is 9.86. The molecule has 0 saturated carbocycles. The molecule has 2 atom stereocenters. The highest BCUT2D eigenvalue weighted by molar-refractivity contribution is 8.14. The summed E-state index contributed by atoms with van der Waals surface area (Å²) in [5, 5.41) is 18.0. The third kappa shape index (κ3) is 6.10. The van der Waals surface area contributed by atoms with Crippen molar-refractivity contribution in [1.29, 1.82) is 5.41 Å². The number of hydrogen-bond acceptors (Lipinski definition) is 4. The largest absolute Gasteiger partial charge is 0.371 e. The quantitative estimate of drug-likeness (QED) is 0.0529. The molecule has 8 rings (SSSR count). The van der Waals surface area contributed by atoms with Crippen molar-refractivity contribution in [2.45, 2.75) is 17.8 Å². The second-order valence-corrected chi connectivity index (χ2v) is 13.5. The van der Waals surface area contributed by atoms with E-state index >= 15 is 0 Å². The molecule has 7 aromatic rings. The minimum absolute atomic E-state index is 0.00368. The summed E-state index contributed by atoms with van der Waals surface area (Å²) in [6, 6.07) is 56.9. The average molecular weight is 650 g/mol. The van der Waals surface area contributed by atoms with Crippen LogP contribution in [-0.4, -0.2) is 5.04 Å². The normalized spacial score (nSPS) is 14.9. The number of hydrogen-bond donors (Lipinski definition) is 3. The number of rotatable bonds is 7. The molecule has 7 aromatic carbocycles. The fraction of sp³-hybridized carbons (Fsp3) is 0.0667. The molecule has 0 bridgehead atoms. The van der Waals surface area contributed by atoms with Gasteiger partial charge in [-0.05, 0) is 55.4 Å². The van der Waals surface area contributed by atoms with Crippen LogP contribution in [0.3, 0.4) is 0 Å². The van der Waals surface area contributed by atoms with E-state index in [0.717, 1.165) is 50.7 Å². The van der Waals surface area contributed by atoms with E-state index < -0.39 is 5.37 Å². The second kappa shape index (κ2) is 13.5. The lowest BCUT2D eigenvalue weighted by Gasteiger charge is -2.29. The molecule has 0 saturated heterocycles. The maximum Gasteiger partial charge on any atom is 0.0967 e. The van der Waals surface area contributed by atoms with Crippen molar-refractivity contribution in [2.75, 3.05) is 0 Å². The molecule has 4 heteroatoms. The topological polar surface area (TPSA) is 61.9 Å². The van der Waals surface area contributed by atoms with Gasteiger partial charge < -0.3 is 11.1 Å². The van der Waals surface area contributed by atoms with Crippen LogP contribution >= 0.6 is 11.8 Å². The molecule has 1 heterocycles. The summed E-state index contributed by atoms with van der Waals surface area (Å²) in [7, 11) is 0. The van der Waals surface area contributed by atoms with E-state index in [-0.39, 0.29) is 6.04 Å². The van der Waals surface area contributed by atoms with Crippen LogP contribution in [0.15, 0.2) is 170 Å². The maximum atomic E-state index is 9.43. The molecular formula is C45H35N3S. The predicted octanol–water partition coefficient (Wildman–Crippen LogP) is 11.1. The average Bonchev–Trinajstić information content (AvgIpc) is 3.18. The molecule has 49 heavy (non-hydrogen) atoms. The molecule has 4 N–H and O–H groups in total. The first-order valence-corrected chi connectivity index (χ1v) is 17.5. The van der Waals surface area contributed by atoms with Gasteiger partial charge in [0.25, 0.3) is 0 Å². The van der Waals surface area contributed by atoms with Gasteiger partial charge in [-0.15, -0.1) is 0 Å². The van der Waals surface area contributed by atoms with Gasteiger partial charge >= 0.3 is 0 Å². The number of thioether (sulfide) groups is 1. The molecule has 0 radical (unpaired) electrons. The second-order valence-electron chi connectivity index (χ2n) is 12.3. The Morgan fingerprint density at radius 1 is 0.653 bits per heavy atom. The molecule has 3 nitrogen and oxygen atoms in total. The van der Waals surface area contributed by atoms with Crippen LogP contribution in [0, 0.1) is 5.41 Å². The highest BCUT2D eigenvalue weighted by atomic mass is 32.2. The van der Waals surface area contributed by atoms with Gasteiger partial charge in [-0.3, -0.25) is 5.41 Å². The van der Waals surface area contributed by atoms with E-state index in [4.69, 9.17) is 5.73 Å². The first kappa shape index (κ1) is 30.7. The smallest absolute Gasteiger partial charge is 0.0967 e. The van der Waals surface area contributed by atoms with Crippen LogP contribution in [0.4, 0.5) is 0 Å². The van der Waals surface area contributed by atoms with Gasteiger partial charge in [0.2, 0.25) is 0 Å². The summed E-state index contributed by atoms with van der Waals surface area (Å²) in [5.41, 5.74) is 20.3. The summed E-state index contributed by atoms with van der Waals surface area (Å²) in [6.07, 6.45) is 0.719. The van der Waals surface area contributed by atoms with Crippen LogP contribution in [0.5, 0.6) is 0 Å². The van der Waals surface area contributed by atoms with Crippen molar-refractivity contribution < 1.29 is 0 Å². The Bertz CT molecular complexity index is 2390. The fourth-order valence-corrected chi connectivity index (χ4v) is 7.87. The third-order valence-corrected chi connectivity index (χ3v) is 10.3. The predicted molar refractivity (Wildman–Crippen MR) is 208 cm³/mol. The minimum Gasteiger partial charge on any atom is -0.371 e. The molecular weight excluding hydrogens is 615 g/mol.